The summed E-state index contributed by atoms with van der Waals surface area (Å²) in [7, 11) is 0. The number of carbonyl (C=O) groups is 2. The van der Waals surface area contributed by atoms with E-state index in [2.05, 4.69) is 26.1 Å². The number of aliphatic hydroxyl groups excluding tert-OH is 5. The average Bonchev–Trinajstić information content (AvgIpc) is 3.44. The number of rotatable bonds is 63. The van der Waals surface area contributed by atoms with E-state index in [4.69, 9.17) is 14.2 Å². The largest absolute Gasteiger partial charge is 0.454 e. The monoisotopic (exact) mass is 1160 g/mol. The molecule has 1 saturated heterocycles. The third-order valence-electron chi connectivity index (χ3n) is 17.4. The molecule has 82 heavy (non-hydrogen) atoms. The second-order valence-corrected chi connectivity index (χ2v) is 25.3. The molecule has 11 heteroatoms. The van der Waals surface area contributed by atoms with Crippen molar-refractivity contribution in [3.05, 3.63) is 12.2 Å². The van der Waals surface area contributed by atoms with Crippen LogP contribution in [0.4, 0.5) is 0 Å². The van der Waals surface area contributed by atoms with E-state index < -0.39 is 67.4 Å². The highest BCUT2D eigenvalue weighted by atomic mass is 16.7. The van der Waals surface area contributed by atoms with Crippen LogP contribution in [0.2, 0.25) is 0 Å². The van der Waals surface area contributed by atoms with Gasteiger partial charge in [0.25, 0.3) is 0 Å². The van der Waals surface area contributed by atoms with Crippen LogP contribution in [-0.2, 0) is 23.8 Å². The molecule has 0 radical (unpaired) electrons. The number of carbonyl (C=O) groups excluding carboxylic acids is 2. The Morgan fingerprint density at radius 2 is 0.793 bits per heavy atom. The Morgan fingerprint density at radius 1 is 0.463 bits per heavy atom. The highest BCUT2D eigenvalue weighted by Crippen LogP contribution is 2.27. The Balaban J connectivity index is 2.56. The van der Waals surface area contributed by atoms with Crippen LogP contribution in [0, 0.1) is 0 Å². The number of hydrogen-bond donors (Lipinski definition) is 6. The van der Waals surface area contributed by atoms with E-state index in [-0.39, 0.29) is 13.0 Å². The molecule has 0 aromatic rings. The molecule has 8 atom stereocenters. The van der Waals surface area contributed by atoms with Crippen LogP contribution in [0.25, 0.3) is 0 Å². The summed E-state index contributed by atoms with van der Waals surface area (Å²) in [5.41, 5.74) is 0. The average molecular weight is 1160 g/mol. The number of nitrogens with one attached hydrogen (secondary N) is 1. The number of ether oxygens (including phenoxy) is 3. The van der Waals surface area contributed by atoms with Crippen LogP contribution >= 0.6 is 0 Å². The van der Waals surface area contributed by atoms with E-state index in [1.165, 1.54) is 263 Å². The molecule has 8 unspecified atom stereocenters. The van der Waals surface area contributed by atoms with Gasteiger partial charge in [0, 0.05) is 6.42 Å². The summed E-state index contributed by atoms with van der Waals surface area (Å²) in [6.07, 6.45) is 59.7. The number of aliphatic hydroxyl groups is 5. The van der Waals surface area contributed by atoms with Crippen molar-refractivity contribution in [1.82, 2.24) is 5.32 Å². The summed E-state index contributed by atoms with van der Waals surface area (Å²) in [5.74, 6) is -1.17. The zero-order chi connectivity index (χ0) is 59.6. The van der Waals surface area contributed by atoms with Crippen LogP contribution in [0.15, 0.2) is 12.2 Å². The molecule has 0 spiro atoms. The lowest BCUT2D eigenvalue weighted by atomic mass is 9.99. The maximum Gasteiger partial charge on any atom is 0.306 e. The van der Waals surface area contributed by atoms with Gasteiger partial charge in [0.1, 0.15) is 24.4 Å². The van der Waals surface area contributed by atoms with Crippen LogP contribution in [0.3, 0.4) is 0 Å². The van der Waals surface area contributed by atoms with Gasteiger partial charge in [-0.25, -0.2) is 0 Å². The minimum atomic E-state index is -1.61. The quantitative estimate of drug-likeness (QED) is 0.0195. The minimum absolute atomic E-state index is 0.132. The molecule has 0 aromatic heterocycles. The summed E-state index contributed by atoms with van der Waals surface area (Å²) >= 11 is 0. The summed E-state index contributed by atoms with van der Waals surface area (Å²) < 4.78 is 17.7. The zero-order valence-corrected chi connectivity index (χ0v) is 54.1. The van der Waals surface area contributed by atoms with Gasteiger partial charge in [-0.1, -0.05) is 348 Å². The van der Waals surface area contributed by atoms with Crippen molar-refractivity contribution in [2.45, 2.75) is 416 Å². The number of hydrogen-bond acceptors (Lipinski definition) is 10. The van der Waals surface area contributed by atoms with Crippen molar-refractivity contribution in [3.63, 3.8) is 0 Å². The van der Waals surface area contributed by atoms with Gasteiger partial charge in [-0.3, -0.25) is 9.59 Å². The molecule has 6 N–H and O–H groups in total. The van der Waals surface area contributed by atoms with Crippen LogP contribution < -0.4 is 5.32 Å². The Labute approximate surface area is 506 Å². The molecule has 1 amide bonds. The van der Waals surface area contributed by atoms with Gasteiger partial charge in [0.05, 0.1) is 25.4 Å². The van der Waals surface area contributed by atoms with E-state index in [0.29, 0.717) is 19.3 Å². The molecule has 0 saturated carbocycles. The minimum Gasteiger partial charge on any atom is -0.454 e. The van der Waals surface area contributed by atoms with Gasteiger partial charge < -0.3 is 45.1 Å². The molecular formula is C71H137NO10. The predicted molar refractivity (Wildman–Crippen MR) is 343 cm³/mol. The molecule has 1 fully saturated rings. The molecule has 0 aliphatic carbocycles. The standard InChI is InChI=1S/C71H137NO10/c1-4-7-10-13-16-19-22-25-27-29-31-33-35-37-39-41-44-47-50-53-56-59-66(76)82-69-68(78)67(77)65(60-73)81-71(69)80-61-62(63(74)57-54-51-48-45-42-24-21-18-15-12-9-6-3)72-70(79)64(75)58-55-52-49-46-43-40-38-36-34-32-30-28-26-23-20-17-14-11-8-5-2/h54,57,62-65,67-69,71,73-75,77-78H,4-53,55-56,58-61H2,1-3H3,(H,72,79)/b57-54+. The molecule has 1 aliphatic heterocycles. The highest BCUT2D eigenvalue weighted by molar-refractivity contribution is 5.80. The Kier molecular flexibility index (Phi) is 57.1. The molecule has 11 nitrogen and oxygen atoms in total. The molecule has 0 aromatic carbocycles. The van der Waals surface area contributed by atoms with Crippen molar-refractivity contribution in [2.24, 2.45) is 0 Å². The van der Waals surface area contributed by atoms with Crippen LogP contribution in [-0.4, -0.2) is 99.6 Å². The van der Waals surface area contributed by atoms with Crippen LogP contribution in [0.5, 0.6) is 0 Å². The predicted octanol–water partition coefficient (Wildman–Crippen LogP) is 18.2. The molecular weight excluding hydrogens is 1030 g/mol. The first-order chi connectivity index (χ1) is 40.2. The van der Waals surface area contributed by atoms with Gasteiger partial charge in [0.15, 0.2) is 12.4 Å². The highest BCUT2D eigenvalue weighted by Gasteiger charge is 2.47. The van der Waals surface area contributed by atoms with Crippen LogP contribution in [0.1, 0.15) is 367 Å². The van der Waals surface area contributed by atoms with Gasteiger partial charge >= 0.3 is 5.97 Å². The third-order valence-corrected chi connectivity index (χ3v) is 17.4. The second-order valence-electron chi connectivity index (χ2n) is 25.3. The molecule has 1 heterocycles. The molecule has 1 aliphatic rings. The van der Waals surface area contributed by atoms with Crippen molar-refractivity contribution in [2.75, 3.05) is 13.2 Å². The maximum atomic E-state index is 13.5. The number of amides is 1. The van der Waals surface area contributed by atoms with Crippen molar-refractivity contribution in [3.8, 4) is 0 Å². The second kappa shape index (κ2) is 59.7. The van der Waals surface area contributed by atoms with Gasteiger partial charge in [-0.15, -0.1) is 0 Å². The van der Waals surface area contributed by atoms with Crippen molar-refractivity contribution in [1.29, 1.82) is 0 Å². The van der Waals surface area contributed by atoms with Gasteiger partial charge in [-0.2, -0.15) is 0 Å². The topological polar surface area (TPSA) is 175 Å². The van der Waals surface area contributed by atoms with E-state index in [0.717, 1.165) is 57.8 Å². The van der Waals surface area contributed by atoms with Gasteiger partial charge in [-0.05, 0) is 25.7 Å². The Bertz CT molecular complexity index is 1380. The summed E-state index contributed by atoms with van der Waals surface area (Å²) in [5, 5.41) is 57.2. The maximum absolute atomic E-state index is 13.5. The first kappa shape index (κ1) is 78.4. The first-order valence-electron chi connectivity index (χ1n) is 36.0. The lowest BCUT2D eigenvalue weighted by Crippen LogP contribution is -2.61. The van der Waals surface area contributed by atoms with E-state index in [9.17, 15) is 35.1 Å². The van der Waals surface area contributed by atoms with Gasteiger partial charge in [0.2, 0.25) is 5.91 Å². The van der Waals surface area contributed by atoms with Crippen molar-refractivity contribution < 1.29 is 49.3 Å². The van der Waals surface area contributed by atoms with Crippen molar-refractivity contribution >= 4 is 11.9 Å². The lowest BCUT2D eigenvalue weighted by molar-refractivity contribution is -0.305. The summed E-state index contributed by atoms with van der Waals surface area (Å²) in [4.78, 5) is 26.7. The number of esters is 1. The molecule has 486 valence electrons. The Hall–Kier alpha value is -1.60. The first-order valence-corrected chi connectivity index (χ1v) is 36.0. The SMILES string of the molecule is CCCCCCCCCCCC/C=C/C(O)C(COC1OC(CO)C(O)C(O)C1OC(=O)CCCCCCCCCCCCCCCCCCCCCCC)NC(=O)C(O)CCCCCCCCCCCCCCCCCCCCCC. The third kappa shape index (κ3) is 46.6. The smallest absolute Gasteiger partial charge is 0.306 e. The lowest BCUT2D eigenvalue weighted by Gasteiger charge is -2.41. The fourth-order valence-corrected chi connectivity index (χ4v) is 11.8. The number of allylic oxidation sites excluding steroid dienone is 1. The van der Waals surface area contributed by atoms with E-state index >= 15 is 0 Å². The molecule has 1 rings (SSSR count). The summed E-state index contributed by atoms with van der Waals surface area (Å²) in [6, 6.07) is -1.02. The number of unbranched alkanes of at least 4 members (excludes halogenated alkanes) is 49. The Morgan fingerprint density at radius 3 is 1.15 bits per heavy atom. The fourth-order valence-electron chi connectivity index (χ4n) is 11.8. The molecule has 0 bridgehead atoms. The van der Waals surface area contributed by atoms with E-state index in [1.54, 1.807) is 6.08 Å². The normalized spacial score (nSPS) is 18.6. The fraction of sp³-hybridized carbons (Fsp3) is 0.944. The van der Waals surface area contributed by atoms with E-state index in [1.807, 2.05) is 6.08 Å². The summed E-state index contributed by atoms with van der Waals surface area (Å²) in [6.45, 7) is 5.86. The zero-order valence-electron chi connectivity index (χ0n) is 54.1.